The van der Waals surface area contributed by atoms with Crippen LogP contribution in [0.15, 0.2) is 48.5 Å². The first-order valence-electron chi connectivity index (χ1n) is 10.8. The standard InChI is InChI=1S/C24H30ClN3O2/c1-30-23-7-2-4-19(16-23)18-26-10-8-20(9-11-26)24(29)28-14-12-27(13-15-28)22-6-3-5-21(25)17-22/h2-7,16-17,20H,8-15,18H2,1H3. The number of hydrogen-bond donors (Lipinski definition) is 0. The van der Waals surface area contributed by atoms with Crippen molar-refractivity contribution in [2.24, 2.45) is 5.92 Å². The number of piperidine rings is 1. The van der Waals surface area contributed by atoms with Crippen molar-refractivity contribution in [1.82, 2.24) is 9.80 Å². The average Bonchev–Trinajstić information content (AvgIpc) is 2.79. The topological polar surface area (TPSA) is 36.0 Å². The fourth-order valence-corrected chi connectivity index (χ4v) is 4.67. The second-order valence-electron chi connectivity index (χ2n) is 8.19. The largest absolute Gasteiger partial charge is 0.497 e. The smallest absolute Gasteiger partial charge is 0.225 e. The zero-order chi connectivity index (χ0) is 20.9. The number of likely N-dealkylation sites (tertiary alicyclic amines) is 1. The van der Waals surface area contributed by atoms with Crippen molar-refractivity contribution in [1.29, 1.82) is 0 Å². The number of amides is 1. The third-order valence-corrected chi connectivity index (χ3v) is 6.48. The summed E-state index contributed by atoms with van der Waals surface area (Å²) in [6, 6.07) is 16.2. The number of carbonyl (C=O) groups excluding carboxylic acids is 1. The van der Waals surface area contributed by atoms with Crippen LogP contribution in [0.1, 0.15) is 18.4 Å². The zero-order valence-corrected chi connectivity index (χ0v) is 18.4. The third-order valence-electron chi connectivity index (χ3n) is 6.24. The van der Waals surface area contributed by atoms with Crippen molar-refractivity contribution in [3.8, 4) is 5.75 Å². The summed E-state index contributed by atoms with van der Waals surface area (Å²) in [6.45, 7) is 6.15. The van der Waals surface area contributed by atoms with Gasteiger partial charge in [0, 0.05) is 49.4 Å². The number of halogens is 1. The van der Waals surface area contributed by atoms with Crippen LogP contribution in [0.25, 0.3) is 0 Å². The molecule has 6 heteroatoms. The lowest BCUT2D eigenvalue weighted by Gasteiger charge is -2.39. The Labute approximate surface area is 184 Å². The Hall–Kier alpha value is -2.24. The van der Waals surface area contributed by atoms with E-state index < -0.39 is 0 Å². The van der Waals surface area contributed by atoms with Gasteiger partial charge in [0.1, 0.15) is 5.75 Å². The minimum absolute atomic E-state index is 0.157. The van der Waals surface area contributed by atoms with E-state index in [0.717, 1.165) is 75.1 Å². The zero-order valence-electron chi connectivity index (χ0n) is 17.6. The molecule has 0 N–H and O–H groups in total. The maximum atomic E-state index is 13.1. The van der Waals surface area contributed by atoms with E-state index in [1.807, 2.05) is 30.3 Å². The highest BCUT2D eigenvalue weighted by Crippen LogP contribution is 2.25. The first-order chi connectivity index (χ1) is 14.6. The molecule has 2 aliphatic rings. The number of carbonyl (C=O) groups is 1. The van der Waals surface area contributed by atoms with Gasteiger partial charge in [-0.25, -0.2) is 0 Å². The molecule has 0 aliphatic carbocycles. The highest BCUT2D eigenvalue weighted by atomic mass is 35.5. The van der Waals surface area contributed by atoms with E-state index in [1.165, 1.54) is 5.56 Å². The van der Waals surface area contributed by atoms with Gasteiger partial charge in [-0.3, -0.25) is 9.69 Å². The number of rotatable bonds is 5. The normalized spacial score (nSPS) is 18.5. The van der Waals surface area contributed by atoms with E-state index in [0.29, 0.717) is 5.91 Å². The lowest BCUT2D eigenvalue weighted by molar-refractivity contribution is -0.137. The molecule has 0 aromatic heterocycles. The highest BCUT2D eigenvalue weighted by molar-refractivity contribution is 6.30. The number of nitrogens with zero attached hydrogens (tertiary/aromatic N) is 3. The van der Waals surface area contributed by atoms with Crippen molar-refractivity contribution in [3.05, 3.63) is 59.1 Å². The summed E-state index contributed by atoms with van der Waals surface area (Å²) in [5.74, 6) is 1.39. The van der Waals surface area contributed by atoms with Gasteiger partial charge >= 0.3 is 0 Å². The summed E-state index contributed by atoms with van der Waals surface area (Å²) in [5.41, 5.74) is 2.40. The molecule has 0 unspecified atom stereocenters. The van der Waals surface area contributed by atoms with Gasteiger partial charge in [-0.2, -0.15) is 0 Å². The number of piperazine rings is 1. The highest BCUT2D eigenvalue weighted by Gasteiger charge is 2.30. The molecular weight excluding hydrogens is 398 g/mol. The first kappa shape index (κ1) is 21.0. The van der Waals surface area contributed by atoms with Crippen LogP contribution in [0, 0.1) is 5.92 Å². The molecule has 2 aliphatic heterocycles. The van der Waals surface area contributed by atoms with Crippen molar-refractivity contribution >= 4 is 23.2 Å². The van der Waals surface area contributed by atoms with Crippen molar-refractivity contribution in [3.63, 3.8) is 0 Å². The molecule has 2 aromatic rings. The average molecular weight is 428 g/mol. The van der Waals surface area contributed by atoms with Gasteiger partial charge in [0.2, 0.25) is 5.91 Å². The first-order valence-corrected chi connectivity index (χ1v) is 11.1. The maximum absolute atomic E-state index is 13.1. The van der Waals surface area contributed by atoms with Crippen LogP contribution in [0.3, 0.4) is 0 Å². The third kappa shape index (κ3) is 5.08. The van der Waals surface area contributed by atoms with Crippen LogP contribution in [-0.2, 0) is 11.3 Å². The van der Waals surface area contributed by atoms with Gasteiger partial charge in [-0.05, 0) is 61.8 Å². The van der Waals surface area contributed by atoms with E-state index in [2.05, 4.69) is 32.9 Å². The summed E-state index contributed by atoms with van der Waals surface area (Å²) in [7, 11) is 1.70. The van der Waals surface area contributed by atoms with E-state index in [1.54, 1.807) is 7.11 Å². The molecule has 2 saturated heterocycles. The van der Waals surface area contributed by atoms with Crippen LogP contribution < -0.4 is 9.64 Å². The van der Waals surface area contributed by atoms with Crippen molar-refractivity contribution in [2.45, 2.75) is 19.4 Å². The van der Waals surface area contributed by atoms with Crippen molar-refractivity contribution < 1.29 is 9.53 Å². The van der Waals surface area contributed by atoms with E-state index in [4.69, 9.17) is 16.3 Å². The van der Waals surface area contributed by atoms with E-state index in [-0.39, 0.29) is 5.92 Å². The Morgan fingerprint density at radius 2 is 1.73 bits per heavy atom. The van der Waals surface area contributed by atoms with Gasteiger partial charge in [-0.1, -0.05) is 29.8 Å². The molecule has 1 amide bonds. The summed E-state index contributed by atoms with van der Waals surface area (Å²) < 4.78 is 5.32. The molecule has 5 nitrogen and oxygen atoms in total. The Balaban J connectivity index is 1.24. The molecule has 2 heterocycles. The predicted molar refractivity (Wildman–Crippen MR) is 121 cm³/mol. The van der Waals surface area contributed by atoms with Gasteiger partial charge in [0.05, 0.1) is 7.11 Å². The number of benzene rings is 2. The molecule has 0 bridgehead atoms. The van der Waals surface area contributed by atoms with Gasteiger partial charge in [-0.15, -0.1) is 0 Å². The van der Waals surface area contributed by atoms with Crippen LogP contribution in [0.5, 0.6) is 5.75 Å². The van der Waals surface area contributed by atoms with Crippen LogP contribution >= 0.6 is 11.6 Å². The minimum atomic E-state index is 0.157. The van der Waals surface area contributed by atoms with Crippen LogP contribution in [0.2, 0.25) is 5.02 Å². The van der Waals surface area contributed by atoms with Crippen LogP contribution in [-0.4, -0.2) is 62.1 Å². The molecule has 0 saturated carbocycles. The molecule has 160 valence electrons. The fourth-order valence-electron chi connectivity index (χ4n) is 4.48. The number of ether oxygens (including phenoxy) is 1. The number of anilines is 1. The summed E-state index contributed by atoms with van der Waals surface area (Å²) in [5, 5.41) is 0.756. The lowest BCUT2D eigenvalue weighted by atomic mass is 9.94. The van der Waals surface area contributed by atoms with Crippen LogP contribution in [0.4, 0.5) is 5.69 Å². The predicted octanol–water partition coefficient (Wildman–Crippen LogP) is 3.91. The molecule has 0 atom stereocenters. The second kappa shape index (κ2) is 9.71. The summed E-state index contributed by atoms with van der Waals surface area (Å²) in [4.78, 5) is 19.9. The lowest BCUT2D eigenvalue weighted by Crippen LogP contribution is -2.51. The molecule has 0 radical (unpaired) electrons. The maximum Gasteiger partial charge on any atom is 0.225 e. The van der Waals surface area contributed by atoms with Gasteiger partial charge in [0.25, 0.3) is 0 Å². The Kier molecular flexibility index (Phi) is 6.80. The quantitative estimate of drug-likeness (QED) is 0.724. The SMILES string of the molecule is COc1cccc(CN2CCC(C(=O)N3CCN(c4cccc(Cl)c4)CC3)CC2)c1. The van der Waals surface area contributed by atoms with E-state index in [9.17, 15) is 4.79 Å². The molecule has 4 rings (SSSR count). The summed E-state index contributed by atoms with van der Waals surface area (Å²) in [6.07, 6.45) is 1.88. The monoisotopic (exact) mass is 427 g/mol. The Morgan fingerprint density at radius 3 is 2.43 bits per heavy atom. The van der Waals surface area contributed by atoms with Crippen molar-refractivity contribution in [2.75, 3.05) is 51.3 Å². The minimum Gasteiger partial charge on any atom is -0.497 e. The Bertz CT molecular complexity index is 859. The molecule has 2 fully saturated rings. The number of methoxy groups -OCH3 is 1. The second-order valence-corrected chi connectivity index (χ2v) is 8.63. The van der Waals surface area contributed by atoms with Gasteiger partial charge in [0.15, 0.2) is 0 Å². The molecular formula is C24H30ClN3O2. The molecule has 30 heavy (non-hydrogen) atoms. The summed E-state index contributed by atoms with van der Waals surface area (Å²) >= 11 is 6.12. The van der Waals surface area contributed by atoms with Gasteiger partial charge < -0.3 is 14.5 Å². The fraction of sp³-hybridized carbons (Fsp3) is 0.458. The van der Waals surface area contributed by atoms with E-state index >= 15 is 0 Å². The molecule has 2 aromatic carbocycles. The molecule has 0 spiro atoms. The Morgan fingerprint density at radius 1 is 1.00 bits per heavy atom. The number of hydrogen-bond acceptors (Lipinski definition) is 4.